The molecule has 0 aliphatic carbocycles. The first-order valence-electron chi connectivity index (χ1n) is 6.95. The molecule has 0 radical (unpaired) electrons. The van der Waals surface area contributed by atoms with Crippen molar-refractivity contribution in [2.45, 2.75) is 13.8 Å². The van der Waals surface area contributed by atoms with Crippen molar-refractivity contribution in [1.29, 1.82) is 0 Å². The van der Waals surface area contributed by atoms with Gasteiger partial charge in [0.1, 0.15) is 12.4 Å². The van der Waals surface area contributed by atoms with Gasteiger partial charge in [-0.15, -0.1) is 0 Å². The molecule has 1 fully saturated rings. The largest absolute Gasteiger partial charge is 0.492 e. The molecule has 120 valence electrons. The number of hydroxylamine groups is 2. The smallest absolute Gasteiger partial charge is 0.411 e. The van der Waals surface area contributed by atoms with Crippen LogP contribution >= 0.6 is 0 Å². The molecule has 0 spiro atoms. The second-order valence-corrected chi connectivity index (χ2v) is 5.55. The summed E-state index contributed by atoms with van der Waals surface area (Å²) in [5, 5.41) is 3.89. The van der Waals surface area contributed by atoms with Gasteiger partial charge in [-0.3, -0.25) is 14.9 Å². The zero-order chi connectivity index (χ0) is 16.2. The lowest BCUT2D eigenvalue weighted by atomic mass is 9.95. The van der Waals surface area contributed by atoms with E-state index in [0.717, 1.165) is 0 Å². The van der Waals surface area contributed by atoms with Gasteiger partial charge >= 0.3 is 6.09 Å². The van der Waals surface area contributed by atoms with Gasteiger partial charge in [0.25, 0.3) is 5.91 Å². The van der Waals surface area contributed by atoms with Crippen molar-refractivity contribution in [3.63, 3.8) is 0 Å². The Morgan fingerprint density at radius 2 is 2.05 bits per heavy atom. The minimum absolute atomic E-state index is 0.0336. The van der Waals surface area contributed by atoms with Gasteiger partial charge < -0.3 is 9.47 Å². The summed E-state index contributed by atoms with van der Waals surface area (Å²) in [6, 6.07) is 6.85. The van der Waals surface area contributed by atoms with E-state index in [4.69, 9.17) is 9.57 Å². The predicted octanol–water partition coefficient (Wildman–Crippen LogP) is 2.04. The van der Waals surface area contributed by atoms with Crippen molar-refractivity contribution in [2.75, 3.05) is 32.2 Å². The second-order valence-electron chi connectivity index (χ2n) is 5.55. The number of hydrogen-bond acceptors (Lipinski definition) is 5. The van der Waals surface area contributed by atoms with Gasteiger partial charge in [0.15, 0.2) is 0 Å². The maximum Gasteiger partial charge on any atom is 0.411 e. The van der Waals surface area contributed by atoms with Crippen molar-refractivity contribution < 1.29 is 23.9 Å². The number of rotatable bonds is 5. The van der Waals surface area contributed by atoms with Crippen LogP contribution in [0.5, 0.6) is 5.75 Å². The molecule has 1 N–H and O–H groups in total. The van der Waals surface area contributed by atoms with Gasteiger partial charge in [-0.1, -0.05) is 0 Å². The molecule has 0 aromatic heterocycles. The van der Waals surface area contributed by atoms with Crippen LogP contribution in [0.25, 0.3) is 0 Å². The SMILES string of the molecule is COC(=O)Nc1ccc(OCCN2OCC(C)(C)C2=O)cc1. The van der Waals surface area contributed by atoms with Crippen LogP contribution in [0, 0.1) is 5.41 Å². The normalized spacial score (nSPS) is 16.5. The van der Waals surface area contributed by atoms with Crippen molar-refractivity contribution in [1.82, 2.24) is 5.06 Å². The average molecular weight is 308 g/mol. The van der Waals surface area contributed by atoms with Crippen LogP contribution in [-0.4, -0.2) is 43.9 Å². The number of ether oxygens (including phenoxy) is 2. The number of amides is 2. The van der Waals surface area contributed by atoms with E-state index in [2.05, 4.69) is 10.1 Å². The molecule has 2 rings (SSSR count). The van der Waals surface area contributed by atoms with Gasteiger partial charge in [-0.05, 0) is 38.1 Å². The summed E-state index contributed by atoms with van der Waals surface area (Å²) >= 11 is 0. The molecule has 7 nitrogen and oxygen atoms in total. The molecule has 1 aromatic rings. The van der Waals surface area contributed by atoms with Crippen LogP contribution in [0.1, 0.15) is 13.8 Å². The number of methoxy groups -OCH3 is 1. The van der Waals surface area contributed by atoms with Crippen molar-refractivity contribution in [3.8, 4) is 5.75 Å². The lowest BCUT2D eigenvalue weighted by molar-refractivity contribution is -0.163. The van der Waals surface area contributed by atoms with Gasteiger partial charge in [-0.25, -0.2) is 9.86 Å². The van der Waals surface area contributed by atoms with Crippen LogP contribution in [0.3, 0.4) is 0 Å². The summed E-state index contributed by atoms with van der Waals surface area (Å²) in [5.41, 5.74) is 0.139. The fourth-order valence-corrected chi connectivity index (χ4v) is 1.91. The highest BCUT2D eigenvalue weighted by Gasteiger charge is 2.40. The molecule has 0 bridgehead atoms. The van der Waals surface area contributed by atoms with E-state index in [-0.39, 0.29) is 5.91 Å². The number of hydrogen-bond donors (Lipinski definition) is 1. The Morgan fingerprint density at radius 3 is 2.59 bits per heavy atom. The topological polar surface area (TPSA) is 77.1 Å². The van der Waals surface area contributed by atoms with Crippen molar-refractivity contribution in [2.24, 2.45) is 5.41 Å². The third kappa shape index (κ3) is 3.88. The molecule has 1 heterocycles. The highest BCUT2D eigenvalue weighted by Crippen LogP contribution is 2.26. The van der Waals surface area contributed by atoms with E-state index in [0.29, 0.717) is 31.2 Å². The van der Waals surface area contributed by atoms with Crippen LogP contribution in [0.4, 0.5) is 10.5 Å². The molecule has 1 saturated heterocycles. The Labute approximate surface area is 129 Å². The summed E-state index contributed by atoms with van der Waals surface area (Å²) in [7, 11) is 1.30. The first-order valence-corrected chi connectivity index (χ1v) is 6.95. The first-order chi connectivity index (χ1) is 10.4. The number of anilines is 1. The maximum absolute atomic E-state index is 11.9. The molecule has 0 saturated carbocycles. The van der Waals surface area contributed by atoms with E-state index in [1.807, 2.05) is 13.8 Å². The minimum Gasteiger partial charge on any atom is -0.492 e. The van der Waals surface area contributed by atoms with E-state index < -0.39 is 11.5 Å². The fourth-order valence-electron chi connectivity index (χ4n) is 1.91. The molecular formula is C15H20N2O5. The molecule has 7 heteroatoms. The maximum atomic E-state index is 11.9. The molecule has 1 aromatic carbocycles. The quantitative estimate of drug-likeness (QED) is 0.900. The predicted molar refractivity (Wildman–Crippen MR) is 79.4 cm³/mol. The third-order valence-electron chi connectivity index (χ3n) is 3.24. The number of nitrogens with one attached hydrogen (secondary N) is 1. The van der Waals surface area contributed by atoms with Crippen molar-refractivity contribution >= 4 is 17.7 Å². The van der Waals surface area contributed by atoms with Crippen molar-refractivity contribution in [3.05, 3.63) is 24.3 Å². The molecule has 22 heavy (non-hydrogen) atoms. The van der Waals surface area contributed by atoms with E-state index in [1.54, 1.807) is 24.3 Å². The summed E-state index contributed by atoms with van der Waals surface area (Å²) in [5.74, 6) is 0.607. The molecular weight excluding hydrogens is 288 g/mol. The Morgan fingerprint density at radius 1 is 1.36 bits per heavy atom. The third-order valence-corrected chi connectivity index (χ3v) is 3.24. The van der Waals surface area contributed by atoms with Gasteiger partial charge in [0, 0.05) is 5.69 Å². The zero-order valence-corrected chi connectivity index (χ0v) is 12.9. The van der Waals surface area contributed by atoms with E-state index in [9.17, 15) is 9.59 Å². The van der Waals surface area contributed by atoms with Crippen LogP contribution < -0.4 is 10.1 Å². The van der Waals surface area contributed by atoms with Crippen LogP contribution in [0.15, 0.2) is 24.3 Å². The number of benzene rings is 1. The average Bonchev–Trinajstić information content (AvgIpc) is 2.76. The Bertz CT molecular complexity index is 541. The monoisotopic (exact) mass is 308 g/mol. The van der Waals surface area contributed by atoms with Crippen LogP contribution in [0.2, 0.25) is 0 Å². The second kappa shape index (κ2) is 6.65. The number of carbonyl (C=O) groups is 2. The lowest BCUT2D eigenvalue weighted by Crippen LogP contribution is -2.33. The van der Waals surface area contributed by atoms with Gasteiger partial charge in [-0.2, -0.15) is 0 Å². The number of nitrogens with zero attached hydrogens (tertiary/aromatic N) is 1. The van der Waals surface area contributed by atoms with E-state index in [1.165, 1.54) is 12.2 Å². The number of carbonyl (C=O) groups excluding carboxylic acids is 2. The first kappa shape index (κ1) is 16.1. The zero-order valence-electron chi connectivity index (χ0n) is 12.9. The standard InChI is InChI=1S/C15H20N2O5/c1-15(2)10-22-17(13(15)18)8-9-21-12-6-4-11(5-7-12)16-14(19)20-3/h4-7H,8-10H2,1-3H3,(H,16,19). The summed E-state index contributed by atoms with van der Waals surface area (Å²) in [4.78, 5) is 28.3. The Hall–Kier alpha value is -2.28. The molecule has 0 atom stereocenters. The molecule has 1 aliphatic heterocycles. The summed E-state index contributed by atoms with van der Waals surface area (Å²) < 4.78 is 10.1. The highest BCUT2D eigenvalue weighted by molar-refractivity contribution is 5.84. The Kier molecular flexibility index (Phi) is 4.87. The highest BCUT2D eigenvalue weighted by atomic mass is 16.7. The summed E-state index contributed by atoms with van der Waals surface area (Å²) in [6.45, 7) is 4.78. The van der Waals surface area contributed by atoms with Gasteiger partial charge in [0.2, 0.25) is 0 Å². The molecule has 1 aliphatic rings. The van der Waals surface area contributed by atoms with E-state index >= 15 is 0 Å². The molecule has 0 unspecified atom stereocenters. The van der Waals surface area contributed by atoms with Gasteiger partial charge in [0.05, 0.1) is 25.7 Å². The minimum atomic E-state index is -0.527. The van der Waals surface area contributed by atoms with Crippen LogP contribution in [-0.2, 0) is 14.4 Å². The molecule has 2 amide bonds. The fraction of sp³-hybridized carbons (Fsp3) is 0.467. The Balaban J connectivity index is 1.78. The summed E-state index contributed by atoms with van der Waals surface area (Å²) in [6.07, 6.45) is -0.527. The lowest BCUT2D eigenvalue weighted by Gasteiger charge is -2.16.